The summed E-state index contributed by atoms with van der Waals surface area (Å²) in [7, 11) is 0. The van der Waals surface area contributed by atoms with Crippen molar-refractivity contribution in [2.45, 2.75) is 32.7 Å². The first-order valence-electron chi connectivity index (χ1n) is 3.60. The highest BCUT2D eigenvalue weighted by Crippen LogP contribution is 1.95. The third-order valence-electron chi connectivity index (χ3n) is 1.39. The second kappa shape index (κ2) is 4.79. The van der Waals surface area contributed by atoms with Crippen molar-refractivity contribution >= 4 is 11.7 Å². The van der Waals surface area contributed by atoms with Crippen molar-refractivity contribution in [2.24, 2.45) is 0 Å². The number of hydrogen-bond donors (Lipinski definition) is 1. The third-order valence-corrected chi connectivity index (χ3v) is 1.39. The number of nitrogens with one attached hydrogen (secondary N) is 1. The Bertz CT molecular complexity index is 182. The number of Topliss-reactive ketones (excluding diaryl/α,β-unsaturated/α-hetero) is 1. The van der Waals surface area contributed by atoms with Crippen LogP contribution in [0.2, 0.25) is 0 Å². The van der Waals surface area contributed by atoms with E-state index in [4.69, 9.17) is 0 Å². The first-order chi connectivity index (χ1) is 5.49. The van der Waals surface area contributed by atoms with E-state index in [-0.39, 0.29) is 12.2 Å². The van der Waals surface area contributed by atoms with Gasteiger partial charge >= 0.3 is 6.43 Å². The van der Waals surface area contributed by atoms with Crippen LogP contribution < -0.4 is 5.32 Å². The summed E-state index contributed by atoms with van der Waals surface area (Å²) in [5.74, 6) is -1.66. The fourth-order valence-electron chi connectivity index (χ4n) is 0.663. The van der Waals surface area contributed by atoms with Crippen LogP contribution in [0, 0.1) is 0 Å². The lowest BCUT2D eigenvalue weighted by Gasteiger charge is -2.10. The molecule has 0 aliphatic rings. The molecule has 0 saturated carbocycles. The molecule has 0 aliphatic heterocycles. The van der Waals surface area contributed by atoms with Crippen molar-refractivity contribution in [3.05, 3.63) is 0 Å². The predicted molar refractivity (Wildman–Crippen MR) is 38.9 cm³/mol. The normalized spacial score (nSPS) is 12.8. The van der Waals surface area contributed by atoms with E-state index >= 15 is 0 Å². The summed E-state index contributed by atoms with van der Waals surface area (Å²) in [5.41, 5.74) is 0. The summed E-state index contributed by atoms with van der Waals surface area (Å²) in [6.45, 7) is 2.99. The van der Waals surface area contributed by atoms with Gasteiger partial charge in [0.15, 0.2) is 5.78 Å². The van der Waals surface area contributed by atoms with Crippen LogP contribution in [-0.2, 0) is 9.59 Å². The van der Waals surface area contributed by atoms with E-state index in [0.717, 1.165) is 0 Å². The molecule has 0 fully saturated rings. The largest absolute Gasteiger partial charge is 0.342 e. The van der Waals surface area contributed by atoms with Crippen LogP contribution in [0.5, 0.6) is 0 Å². The monoisotopic (exact) mass is 179 g/mol. The smallest absolute Gasteiger partial charge is 0.315 e. The maximum atomic E-state index is 11.6. The van der Waals surface area contributed by atoms with Crippen molar-refractivity contribution in [2.75, 3.05) is 0 Å². The molecule has 5 heteroatoms. The van der Waals surface area contributed by atoms with E-state index in [2.05, 4.69) is 0 Å². The van der Waals surface area contributed by atoms with Gasteiger partial charge in [-0.3, -0.25) is 9.59 Å². The molecule has 1 amide bonds. The summed E-state index contributed by atoms with van der Waals surface area (Å²) in [4.78, 5) is 21.2. The van der Waals surface area contributed by atoms with Crippen molar-refractivity contribution < 1.29 is 18.4 Å². The standard InChI is InChI=1S/C7H11F2NO2/c1-3-5(11)4(2)10-7(12)6(8)9/h4,6H,3H2,1-2H3,(H,10,12). The van der Waals surface area contributed by atoms with Crippen LogP contribution in [0.25, 0.3) is 0 Å². The van der Waals surface area contributed by atoms with Gasteiger partial charge in [0.05, 0.1) is 6.04 Å². The molecule has 0 aromatic carbocycles. The lowest BCUT2D eigenvalue weighted by atomic mass is 10.2. The Balaban J connectivity index is 3.92. The van der Waals surface area contributed by atoms with E-state index in [1.807, 2.05) is 5.32 Å². The molecule has 0 rings (SSSR count). The summed E-state index contributed by atoms with van der Waals surface area (Å²) >= 11 is 0. The van der Waals surface area contributed by atoms with Crippen molar-refractivity contribution in [1.82, 2.24) is 5.32 Å². The molecule has 0 aromatic heterocycles. The molecule has 0 saturated heterocycles. The summed E-state index contributed by atoms with van der Waals surface area (Å²) in [6.07, 6.45) is -2.83. The second-order valence-electron chi connectivity index (χ2n) is 2.35. The minimum atomic E-state index is -3.06. The molecule has 1 atom stereocenters. The molecule has 12 heavy (non-hydrogen) atoms. The highest BCUT2D eigenvalue weighted by atomic mass is 19.3. The first-order valence-corrected chi connectivity index (χ1v) is 3.60. The number of alkyl halides is 2. The SMILES string of the molecule is CCC(=O)C(C)NC(=O)C(F)F. The molecule has 1 unspecified atom stereocenters. The number of amides is 1. The van der Waals surface area contributed by atoms with E-state index in [0.29, 0.717) is 0 Å². The maximum Gasteiger partial charge on any atom is 0.315 e. The van der Waals surface area contributed by atoms with Crippen LogP contribution >= 0.6 is 0 Å². The Labute approximate surface area is 69.1 Å². The van der Waals surface area contributed by atoms with Crippen molar-refractivity contribution in [3.63, 3.8) is 0 Å². The van der Waals surface area contributed by atoms with Crippen LogP contribution in [0.1, 0.15) is 20.3 Å². The fourth-order valence-corrected chi connectivity index (χ4v) is 0.663. The molecule has 0 aromatic rings. The Morgan fingerprint density at radius 1 is 1.42 bits per heavy atom. The van der Waals surface area contributed by atoms with Gasteiger partial charge in [-0.1, -0.05) is 6.92 Å². The molecule has 0 heterocycles. The summed E-state index contributed by atoms with van der Waals surface area (Å²) in [5, 5.41) is 1.89. The number of carbonyl (C=O) groups is 2. The zero-order valence-corrected chi connectivity index (χ0v) is 6.93. The van der Waals surface area contributed by atoms with E-state index in [9.17, 15) is 18.4 Å². The topological polar surface area (TPSA) is 46.2 Å². The lowest BCUT2D eigenvalue weighted by Crippen LogP contribution is -2.41. The first kappa shape index (κ1) is 11.0. The molecule has 0 radical (unpaired) electrons. The second-order valence-corrected chi connectivity index (χ2v) is 2.35. The molecular formula is C7H11F2NO2. The number of carbonyl (C=O) groups excluding carboxylic acids is 2. The van der Waals surface area contributed by atoms with Crippen LogP contribution in [0.3, 0.4) is 0 Å². The van der Waals surface area contributed by atoms with Gasteiger partial charge in [-0.25, -0.2) is 0 Å². The van der Waals surface area contributed by atoms with Crippen LogP contribution in [-0.4, -0.2) is 24.2 Å². The zero-order valence-electron chi connectivity index (χ0n) is 6.93. The summed E-state index contributed by atoms with van der Waals surface area (Å²) in [6, 6.07) is -0.823. The fraction of sp³-hybridized carbons (Fsp3) is 0.714. The van der Waals surface area contributed by atoms with E-state index in [1.54, 1.807) is 6.92 Å². The predicted octanol–water partition coefficient (Wildman–Crippen LogP) is 0.735. The molecule has 1 N–H and O–H groups in total. The van der Waals surface area contributed by atoms with Gasteiger partial charge in [0, 0.05) is 6.42 Å². The Morgan fingerprint density at radius 2 is 1.92 bits per heavy atom. The maximum absolute atomic E-state index is 11.6. The average molecular weight is 179 g/mol. The van der Waals surface area contributed by atoms with E-state index < -0.39 is 18.4 Å². The van der Waals surface area contributed by atoms with Crippen molar-refractivity contribution in [1.29, 1.82) is 0 Å². The summed E-state index contributed by atoms with van der Waals surface area (Å²) < 4.78 is 23.3. The molecule has 3 nitrogen and oxygen atoms in total. The van der Waals surface area contributed by atoms with Gasteiger partial charge in [0.25, 0.3) is 5.91 Å². The van der Waals surface area contributed by atoms with Gasteiger partial charge in [-0.15, -0.1) is 0 Å². The molecule has 0 spiro atoms. The minimum absolute atomic E-state index is 0.227. The van der Waals surface area contributed by atoms with Gasteiger partial charge in [0.1, 0.15) is 0 Å². The minimum Gasteiger partial charge on any atom is -0.342 e. The lowest BCUT2D eigenvalue weighted by molar-refractivity contribution is -0.135. The van der Waals surface area contributed by atoms with Crippen molar-refractivity contribution in [3.8, 4) is 0 Å². The molecule has 0 bridgehead atoms. The Hall–Kier alpha value is -1.00. The quantitative estimate of drug-likeness (QED) is 0.691. The number of halogens is 2. The molecule has 0 aliphatic carbocycles. The Morgan fingerprint density at radius 3 is 2.25 bits per heavy atom. The number of ketones is 1. The highest BCUT2D eigenvalue weighted by Gasteiger charge is 2.19. The van der Waals surface area contributed by atoms with Gasteiger partial charge < -0.3 is 5.32 Å². The van der Waals surface area contributed by atoms with Crippen LogP contribution in [0.15, 0.2) is 0 Å². The number of hydrogen-bond acceptors (Lipinski definition) is 2. The average Bonchev–Trinajstić information content (AvgIpc) is 2.02. The highest BCUT2D eigenvalue weighted by molar-refractivity contribution is 5.89. The van der Waals surface area contributed by atoms with Gasteiger partial charge in [-0.2, -0.15) is 8.78 Å². The van der Waals surface area contributed by atoms with Gasteiger partial charge in [0.2, 0.25) is 0 Å². The zero-order chi connectivity index (χ0) is 9.72. The van der Waals surface area contributed by atoms with E-state index in [1.165, 1.54) is 6.92 Å². The Kier molecular flexibility index (Phi) is 4.39. The molecule has 70 valence electrons. The van der Waals surface area contributed by atoms with Gasteiger partial charge in [-0.05, 0) is 6.92 Å². The number of rotatable bonds is 4. The van der Waals surface area contributed by atoms with Crippen LogP contribution in [0.4, 0.5) is 8.78 Å². The molecular weight excluding hydrogens is 168 g/mol. The third kappa shape index (κ3) is 3.41.